The summed E-state index contributed by atoms with van der Waals surface area (Å²) >= 11 is 0. The van der Waals surface area contributed by atoms with Gasteiger partial charge in [-0.3, -0.25) is 4.98 Å². The van der Waals surface area contributed by atoms with E-state index in [0.717, 1.165) is 18.5 Å². The van der Waals surface area contributed by atoms with E-state index in [2.05, 4.69) is 37.4 Å². The fraction of sp³-hybridized carbons (Fsp3) is 0.125. The minimum absolute atomic E-state index is 0.191. The summed E-state index contributed by atoms with van der Waals surface area (Å²) in [7, 11) is 0. The van der Waals surface area contributed by atoms with Crippen LogP contribution in [0, 0.1) is 0 Å². The molecule has 2 heterocycles. The van der Waals surface area contributed by atoms with Gasteiger partial charge in [0.15, 0.2) is 5.82 Å². The molecule has 0 unspecified atom stereocenters. The Hall–Kier alpha value is -3.02. The van der Waals surface area contributed by atoms with E-state index in [4.69, 9.17) is 5.73 Å². The van der Waals surface area contributed by atoms with Gasteiger partial charge in [-0.25, -0.2) is 0 Å². The highest BCUT2D eigenvalue weighted by molar-refractivity contribution is 5.56. The third-order valence-electron chi connectivity index (χ3n) is 3.11. The van der Waals surface area contributed by atoms with Crippen molar-refractivity contribution in [3.8, 4) is 11.4 Å². The quantitative estimate of drug-likeness (QED) is 0.749. The van der Waals surface area contributed by atoms with Gasteiger partial charge in [0.05, 0.1) is 0 Å². The van der Waals surface area contributed by atoms with Crippen LogP contribution < -0.4 is 11.1 Å². The molecular weight excluding hydrogens is 276 g/mol. The maximum Gasteiger partial charge on any atom is 0.228 e. The number of nitrogen functional groups attached to an aromatic ring is 1. The van der Waals surface area contributed by atoms with Gasteiger partial charge < -0.3 is 11.1 Å². The largest absolute Gasteiger partial charge is 0.368 e. The van der Waals surface area contributed by atoms with Crippen molar-refractivity contribution in [2.24, 2.45) is 0 Å². The predicted octanol–water partition coefficient (Wildman–Crippen LogP) is 2.17. The maximum atomic E-state index is 5.76. The van der Waals surface area contributed by atoms with Gasteiger partial charge in [-0.2, -0.15) is 15.0 Å². The van der Waals surface area contributed by atoms with Crippen molar-refractivity contribution in [1.82, 2.24) is 19.9 Å². The third kappa shape index (κ3) is 3.54. The molecule has 0 spiro atoms. The number of nitrogens with one attached hydrogen (secondary N) is 1. The number of hydrogen-bond acceptors (Lipinski definition) is 6. The van der Waals surface area contributed by atoms with Gasteiger partial charge in [0.25, 0.3) is 0 Å². The van der Waals surface area contributed by atoms with Crippen LogP contribution in [0.15, 0.2) is 54.9 Å². The van der Waals surface area contributed by atoms with Crippen LogP contribution in [0.2, 0.25) is 0 Å². The number of rotatable bonds is 5. The van der Waals surface area contributed by atoms with Gasteiger partial charge in [0.1, 0.15) is 0 Å². The molecular formula is C16H16N6. The van der Waals surface area contributed by atoms with Crippen molar-refractivity contribution in [1.29, 1.82) is 0 Å². The van der Waals surface area contributed by atoms with Crippen molar-refractivity contribution in [2.45, 2.75) is 6.42 Å². The highest BCUT2D eigenvalue weighted by atomic mass is 15.2. The Kier molecular flexibility index (Phi) is 4.20. The Labute approximate surface area is 128 Å². The summed E-state index contributed by atoms with van der Waals surface area (Å²) in [4.78, 5) is 16.7. The van der Waals surface area contributed by atoms with Crippen LogP contribution in [-0.2, 0) is 6.42 Å². The number of benzene rings is 1. The van der Waals surface area contributed by atoms with E-state index in [1.54, 1.807) is 12.4 Å². The molecule has 0 amide bonds. The molecule has 0 bridgehead atoms. The van der Waals surface area contributed by atoms with Crippen LogP contribution in [0.3, 0.4) is 0 Å². The average Bonchev–Trinajstić information content (AvgIpc) is 2.56. The molecule has 0 aliphatic rings. The number of aromatic nitrogens is 4. The lowest BCUT2D eigenvalue weighted by atomic mass is 10.1. The first kappa shape index (κ1) is 13.9. The molecule has 6 heteroatoms. The first-order valence-corrected chi connectivity index (χ1v) is 7.01. The lowest BCUT2D eigenvalue weighted by Gasteiger charge is -2.07. The van der Waals surface area contributed by atoms with Crippen molar-refractivity contribution in [3.05, 3.63) is 60.4 Å². The van der Waals surface area contributed by atoms with Gasteiger partial charge in [0.2, 0.25) is 11.9 Å². The predicted molar refractivity (Wildman–Crippen MR) is 86.1 cm³/mol. The standard InChI is InChI=1S/C16H16N6/c17-15-20-14(13-7-4-9-18-11-13)21-16(22-15)19-10-8-12-5-2-1-3-6-12/h1-7,9,11H,8,10H2,(H3,17,19,20,21,22). The molecule has 110 valence electrons. The first-order chi connectivity index (χ1) is 10.8. The van der Waals surface area contributed by atoms with Crippen LogP contribution >= 0.6 is 0 Å². The Morgan fingerprint density at radius 3 is 2.59 bits per heavy atom. The second kappa shape index (κ2) is 6.62. The summed E-state index contributed by atoms with van der Waals surface area (Å²) < 4.78 is 0. The molecule has 3 N–H and O–H groups in total. The number of nitrogens with two attached hydrogens (primary N) is 1. The zero-order valence-electron chi connectivity index (χ0n) is 12.0. The lowest BCUT2D eigenvalue weighted by Crippen LogP contribution is -2.11. The molecule has 0 saturated heterocycles. The Bertz CT molecular complexity index is 730. The Balaban J connectivity index is 1.70. The molecule has 0 aliphatic heterocycles. The van der Waals surface area contributed by atoms with E-state index in [1.807, 2.05) is 30.3 Å². The third-order valence-corrected chi connectivity index (χ3v) is 3.11. The molecule has 3 aromatic rings. The molecule has 6 nitrogen and oxygen atoms in total. The van der Waals surface area contributed by atoms with Crippen molar-refractivity contribution in [3.63, 3.8) is 0 Å². The van der Waals surface area contributed by atoms with Crippen LogP contribution in [0.4, 0.5) is 11.9 Å². The van der Waals surface area contributed by atoms with Gasteiger partial charge in [-0.15, -0.1) is 0 Å². The van der Waals surface area contributed by atoms with Crippen LogP contribution in [0.5, 0.6) is 0 Å². The second-order valence-corrected chi connectivity index (χ2v) is 4.74. The van der Waals surface area contributed by atoms with E-state index >= 15 is 0 Å². The highest BCUT2D eigenvalue weighted by Gasteiger charge is 2.06. The van der Waals surface area contributed by atoms with Gasteiger partial charge in [-0.05, 0) is 24.1 Å². The molecule has 3 rings (SSSR count). The summed E-state index contributed by atoms with van der Waals surface area (Å²) in [6, 6.07) is 13.9. The van der Waals surface area contributed by atoms with Crippen molar-refractivity contribution >= 4 is 11.9 Å². The molecule has 0 radical (unpaired) electrons. The number of anilines is 2. The second-order valence-electron chi connectivity index (χ2n) is 4.74. The van der Waals surface area contributed by atoms with E-state index < -0.39 is 0 Å². The molecule has 2 aromatic heterocycles. The molecule has 22 heavy (non-hydrogen) atoms. The molecule has 0 saturated carbocycles. The Morgan fingerprint density at radius 2 is 1.82 bits per heavy atom. The maximum absolute atomic E-state index is 5.76. The summed E-state index contributed by atoms with van der Waals surface area (Å²) in [5, 5.41) is 3.18. The highest BCUT2D eigenvalue weighted by Crippen LogP contribution is 2.15. The van der Waals surface area contributed by atoms with Gasteiger partial charge >= 0.3 is 0 Å². The molecule has 0 aliphatic carbocycles. The molecule has 0 fully saturated rings. The minimum Gasteiger partial charge on any atom is -0.368 e. The monoisotopic (exact) mass is 292 g/mol. The fourth-order valence-electron chi connectivity index (χ4n) is 2.06. The van der Waals surface area contributed by atoms with Crippen LogP contribution in [0.1, 0.15) is 5.56 Å². The Morgan fingerprint density at radius 1 is 0.955 bits per heavy atom. The van der Waals surface area contributed by atoms with Crippen molar-refractivity contribution in [2.75, 3.05) is 17.6 Å². The summed E-state index contributed by atoms with van der Waals surface area (Å²) in [5.74, 6) is 1.18. The van der Waals surface area contributed by atoms with Gasteiger partial charge in [-0.1, -0.05) is 30.3 Å². The summed E-state index contributed by atoms with van der Waals surface area (Å²) in [5.41, 5.74) is 7.82. The number of pyridine rings is 1. The minimum atomic E-state index is 0.191. The van der Waals surface area contributed by atoms with E-state index in [9.17, 15) is 0 Å². The smallest absolute Gasteiger partial charge is 0.228 e. The number of hydrogen-bond donors (Lipinski definition) is 2. The van der Waals surface area contributed by atoms with Gasteiger partial charge in [0, 0.05) is 24.5 Å². The van der Waals surface area contributed by atoms with Crippen molar-refractivity contribution < 1.29 is 0 Å². The first-order valence-electron chi connectivity index (χ1n) is 7.01. The van der Waals surface area contributed by atoms with E-state index in [-0.39, 0.29) is 5.95 Å². The lowest BCUT2D eigenvalue weighted by molar-refractivity contribution is 0.970. The molecule has 0 atom stereocenters. The van der Waals surface area contributed by atoms with Crippen LogP contribution in [-0.4, -0.2) is 26.5 Å². The fourth-order valence-corrected chi connectivity index (χ4v) is 2.06. The average molecular weight is 292 g/mol. The SMILES string of the molecule is Nc1nc(NCCc2ccccc2)nc(-c2cccnc2)n1. The normalized spacial score (nSPS) is 10.4. The van der Waals surface area contributed by atoms with Crippen LogP contribution in [0.25, 0.3) is 11.4 Å². The summed E-state index contributed by atoms with van der Waals surface area (Å²) in [6.45, 7) is 0.722. The summed E-state index contributed by atoms with van der Waals surface area (Å²) in [6.07, 6.45) is 4.28. The zero-order chi connectivity index (χ0) is 15.2. The molecule has 1 aromatic carbocycles. The topological polar surface area (TPSA) is 89.6 Å². The van der Waals surface area contributed by atoms with E-state index in [1.165, 1.54) is 5.56 Å². The zero-order valence-corrected chi connectivity index (χ0v) is 12.0. The number of nitrogens with zero attached hydrogens (tertiary/aromatic N) is 4. The van der Waals surface area contributed by atoms with E-state index in [0.29, 0.717) is 11.8 Å².